The van der Waals surface area contributed by atoms with Gasteiger partial charge in [0.25, 0.3) is 0 Å². The zero-order valence-corrected chi connectivity index (χ0v) is 14.9. The predicted octanol–water partition coefficient (Wildman–Crippen LogP) is 5.57. The molecule has 1 heteroatoms. The highest BCUT2D eigenvalue weighted by molar-refractivity contribution is 5.12. The molecule has 2 aliphatic carbocycles. The molecule has 0 bridgehead atoms. The molecule has 2 aliphatic rings. The van der Waals surface area contributed by atoms with Crippen molar-refractivity contribution in [1.29, 1.82) is 0 Å². The summed E-state index contributed by atoms with van der Waals surface area (Å²) in [5.41, 5.74) is 2.24. The Hall–Kier alpha value is -0.300. The van der Waals surface area contributed by atoms with Crippen molar-refractivity contribution >= 4 is 0 Å². The lowest BCUT2D eigenvalue weighted by atomic mass is 9.69. The van der Waals surface area contributed by atoms with Crippen LogP contribution in [0.4, 0.5) is 0 Å². The van der Waals surface area contributed by atoms with Gasteiger partial charge in [-0.3, -0.25) is 0 Å². The van der Waals surface area contributed by atoms with E-state index >= 15 is 0 Å². The molecule has 2 saturated carbocycles. The number of likely N-dealkylation sites (N-methyl/N-ethyl adjacent to an activating group) is 1. The minimum Gasteiger partial charge on any atom is -0.316 e. The zero-order valence-electron chi connectivity index (χ0n) is 14.9. The molecule has 0 amide bonds. The Morgan fingerprint density at radius 2 is 1.57 bits per heavy atom. The first-order valence-electron chi connectivity index (χ1n) is 9.36. The molecule has 122 valence electrons. The Bertz CT molecular complexity index is 322. The van der Waals surface area contributed by atoms with Crippen molar-refractivity contribution in [2.75, 3.05) is 13.6 Å². The van der Waals surface area contributed by atoms with Gasteiger partial charge in [-0.05, 0) is 68.7 Å². The van der Waals surface area contributed by atoms with Crippen molar-refractivity contribution in [1.82, 2.24) is 5.32 Å². The van der Waals surface area contributed by atoms with E-state index in [4.69, 9.17) is 0 Å². The fourth-order valence-corrected chi connectivity index (χ4v) is 4.47. The van der Waals surface area contributed by atoms with Crippen LogP contribution in [-0.2, 0) is 0 Å². The van der Waals surface area contributed by atoms with Gasteiger partial charge < -0.3 is 5.32 Å². The van der Waals surface area contributed by atoms with E-state index in [-0.39, 0.29) is 0 Å². The van der Waals surface area contributed by atoms with Crippen molar-refractivity contribution in [2.24, 2.45) is 23.2 Å². The molecule has 21 heavy (non-hydrogen) atoms. The molecule has 1 N–H and O–H groups in total. The van der Waals surface area contributed by atoms with E-state index in [1.807, 2.05) is 0 Å². The highest BCUT2D eigenvalue weighted by Gasteiger charge is 2.29. The van der Waals surface area contributed by atoms with E-state index in [9.17, 15) is 0 Å². The maximum Gasteiger partial charge on any atom is 0.0164 e. The van der Waals surface area contributed by atoms with Gasteiger partial charge >= 0.3 is 0 Å². The van der Waals surface area contributed by atoms with Gasteiger partial charge in [-0.15, -0.1) is 0 Å². The highest BCUT2D eigenvalue weighted by Crippen LogP contribution is 2.41. The fourth-order valence-electron chi connectivity index (χ4n) is 4.47. The lowest BCUT2D eigenvalue weighted by Gasteiger charge is -2.37. The summed E-state index contributed by atoms with van der Waals surface area (Å²) < 4.78 is 0. The van der Waals surface area contributed by atoms with Crippen molar-refractivity contribution in [3.63, 3.8) is 0 Å². The molecule has 0 spiro atoms. The Labute approximate surface area is 133 Å². The first kappa shape index (κ1) is 17.1. The van der Waals surface area contributed by atoms with Gasteiger partial charge in [0.2, 0.25) is 0 Å². The Kier molecular flexibility index (Phi) is 6.34. The van der Waals surface area contributed by atoms with Crippen LogP contribution in [0.5, 0.6) is 0 Å². The van der Waals surface area contributed by atoms with Gasteiger partial charge in [-0.1, -0.05) is 51.7 Å². The molecule has 2 rings (SSSR count). The minimum atomic E-state index is 0.506. The topological polar surface area (TPSA) is 12.0 Å². The molecule has 0 radical (unpaired) electrons. The average molecular weight is 292 g/mol. The third kappa shape index (κ3) is 5.13. The minimum absolute atomic E-state index is 0.506. The van der Waals surface area contributed by atoms with Crippen LogP contribution in [0.2, 0.25) is 0 Å². The summed E-state index contributed by atoms with van der Waals surface area (Å²) >= 11 is 0. The molecule has 2 fully saturated rings. The van der Waals surface area contributed by atoms with Crippen LogP contribution in [0.1, 0.15) is 78.6 Å². The van der Waals surface area contributed by atoms with Crippen LogP contribution < -0.4 is 5.32 Å². The summed E-state index contributed by atoms with van der Waals surface area (Å²) in [5, 5.41) is 3.42. The molecule has 1 nitrogen and oxygen atoms in total. The standard InChI is InChI=1S/C20H37N/c1-20(2,3)19-12-10-16(11-13-19)14-18(15-21-4)17-8-6-5-7-9-17/h14,16-17,19,21H,5-13,15H2,1-4H3. The van der Waals surface area contributed by atoms with E-state index in [0.717, 1.165) is 24.3 Å². The predicted molar refractivity (Wildman–Crippen MR) is 93.5 cm³/mol. The first-order valence-corrected chi connectivity index (χ1v) is 9.36. The zero-order chi connectivity index (χ0) is 15.3. The average Bonchev–Trinajstić information content (AvgIpc) is 2.47. The molecule has 0 saturated heterocycles. The molecule has 0 atom stereocenters. The Balaban J connectivity index is 1.93. The monoisotopic (exact) mass is 291 g/mol. The van der Waals surface area contributed by atoms with Crippen LogP contribution >= 0.6 is 0 Å². The van der Waals surface area contributed by atoms with Crippen molar-refractivity contribution < 1.29 is 0 Å². The molecule has 0 aliphatic heterocycles. The number of allylic oxidation sites excluding steroid dienone is 1. The summed E-state index contributed by atoms with van der Waals surface area (Å²) in [4.78, 5) is 0. The maximum absolute atomic E-state index is 3.42. The number of hydrogen-bond acceptors (Lipinski definition) is 1. The molecule has 0 unspecified atom stereocenters. The third-order valence-electron chi connectivity index (χ3n) is 5.96. The molecular formula is C20H37N. The van der Waals surface area contributed by atoms with Crippen LogP contribution in [0.15, 0.2) is 11.6 Å². The quantitative estimate of drug-likeness (QED) is 0.668. The summed E-state index contributed by atoms with van der Waals surface area (Å²) in [6.07, 6.45) is 15.6. The summed E-state index contributed by atoms with van der Waals surface area (Å²) in [6.45, 7) is 8.37. The van der Waals surface area contributed by atoms with E-state index in [0.29, 0.717) is 5.41 Å². The van der Waals surface area contributed by atoms with Gasteiger partial charge in [0, 0.05) is 6.54 Å². The van der Waals surface area contributed by atoms with Gasteiger partial charge in [-0.2, -0.15) is 0 Å². The van der Waals surface area contributed by atoms with E-state index in [1.165, 1.54) is 57.8 Å². The SMILES string of the molecule is CNCC(=CC1CCC(C(C)(C)C)CC1)C1CCCCC1. The lowest BCUT2D eigenvalue weighted by molar-refractivity contribution is 0.162. The van der Waals surface area contributed by atoms with Crippen LogP contribution in [0.25, 0.3) is 0 Å². The maximum atomic E-state index is 3.42. The van der Waals surface area contributed by atoms with Gasteiger partial charge in [0.1, 0.15) is 0 Å². The highest BCUT2D eigenvalue weighted by atomic mass is 14.8. The Morgan fingerprint density at radius 1 is 0.952 bits per heavy atom. The van der Waals surface area contributed by atoms with Gasteiger partial charge in [0.15, 0.2) is 0 Å². The van der Waals surface area contributed by atoms with Crippen LogP contribution in [0.3, 0.4) is 0 Å². The Morgan fingerprint density at radius 3 is 2.10 bits per heavy atom. The van der Waals surface area contributed by atoms with E-state index in [2.05, 4.69) is 39.2 Å². The van der Waals surface area contributed by atoms with Gasteiger partial charge in [0.05, 0.1) is 0 Å². The number of rotatable bonds is 4. The summed E-state index contributed by atoms with van der Waals surface area (Å²) in [6, 6.07) is 0. The summed E-state index contributed by atoms with van der Waals surface area (Å²) in [5.74, 6) is 2.67. The summed E-state index contributed by atoms with van der Waals surface area (Å²) in [7, 11) is 2.10. The molecule has 0 heterocycles. The second kappa shape index (κ2) is 7.81. The molecule has 0 aromatic rings. The first-order chi connectivity index (χ1) is 10.0. The van der Waals surface area contributed by atoms with Crippen molar-refractivity contribution in [2.45, 2.75) is 78.6 Å². The largest absolute Gasteiger partial charge is 0.316 e. The molecule has 0 aromatic carbocycles. The number of hydrogen-bond donors (Lipinski definition) is 1. The molecule has 0 aromatic heterocycles. The number of nitrogens with one attached hydrogen (secondary N) is 1. The lowest BCUT2D eigenvalue weighted by Crippen LogP contribution is -2.26. The van der Waals surface area contributed by atoms with Crippen molar-refractivity contribution in [3.05, 3.63) is 11.6 Å². The van der Waals surface area contributed by atoms with Crippen molar-refractivity contribution in [3.8, 4) is 0 Å². The second-order valence-electron chi connectivity index (χ2n) is 8.58. The van der Waals surface area contributed by atoms with Crippen LogP contribution in [-0.4, -0.2) is 13.6 Å². The van der Waals surface area contributed by atoms with E-state index in [1.54, 1.807) is 5.57 Å². The fraction of sp³-hybridized carbons (Fsp3) is 0.900. The van der Waals surface area contributed by atoms with Crippen LogP contribution in [0, 0.1) is 23.2 Å². The second-order valence-corrected chi connectivity index (χ2v) is 8.58. The van der Waals surface area contributed by atoms with Gasteiger partial charge in [-0.25, -0.2) is 0 Å². The normalized spacial score (nSPS) is 29.6. The molecular weight excluding hydrogens is 254 g/mol. The smallest absolute Gasteiger partial charge is 0.0164 e. The third-order valence-corrected chi connectivity index (χ3v) is 5.96. The van der Waals surface area contributed by atoms with E-state index < -0.39 is 0 Å².